The number of aliphatic hydroxyl groups excluding tert-OH is 1. The van der Waals surface area contributed by atoms with Crippen LogP contribution < -0.4 is 11.1 Å². The van der Waals surface area contributed by atoms with Gasteiger partial charge in [-0.15, -0.1) is 0 Å². The van der Waals surface area contributed by atoms with Crippen molar-refractivity contribution in [3.8, 4) is 0 Å². The van der Waals surface area contributed by atoms with Crippen LogP contribution in [0.3, 0.4) is 0 Å². The number of hydrogen-bond donors (Lipinski definition) is 3. The highest BCUT2D eigenvalue weighted by molar-refractivity contribution is 5.44. The number of aromatic nitrogens is 1. The van der Waals surface area contributed by atoms with Crippen LogP contribution in [0.1, 0.15) is 11.1 Å². The summed E-state index contributed by atoms with van der Waals surface area (Å²) in [6, 6.07) is 11.4. The summed E-state index contributed by atoms with van der Waals surface area (Å²) in [6.07, 6.45) is 1.62. The van der Waals surface area contributed by atoms with Crippen molar-refractivity contribution in [2.45, 2.75) is 13.2 Å². The summed E-state index contributed by atoms with van der Waals surface area (Å²) in [5.41, 5.74) is 8.26. The number of aliphatic hydroxyl groups is 1. The molecule has 4 nitrogen and oxygen atoms in total. The molecule has 1 heterocycles. The molecule has 4 heteroatoms. The molecule has 1 aromatic heterocycles. The minimum Gasteiger partial charge on any atom is -0.397 e. The first kappa shape index (κ1) is 11.4. The van der Waals surface area contributed by atoms with E-state index in [4.69, 9.17) is 10.8 Å². The SMILES string of the molecule is Nc1ccc(NCc2ccc(CO)cc2)nc1. The molecule has 0 atom stereocenters. The van der Waals surface area contributed by atoms with E-state index in [-0.39, 0.29) is 6.61 Å². The van der Waals surface area contributed by atoms with Gasteiger partial charge in [0.05, 0.1) is 18.5 Å². The predicted octanol–water partition coefficient (Wildman–Crippen LogP) is 1.77. The van der Waals surface area contributed by atoms with Crippen molar-refractivity contribution in [2.24, 2.45) is 0 Å². The maximum Gasteiger partial charge on any atom is 0.126 e. The van der Waals surface area contributed by atoms with Crippen molar-refractivity contribution < 1.29 is 5.11 Å². The Labute approximate surface area is 100 Å². The largest absolute Gasteiger partial charge is 0.397 e. The van der Waals surface area contributed by atoms with Gasteiger partial charge >= 0.3 is 0 Å². The highest BCUT2D eigenvalue weighted by atomic mass is 16.3. The van der Waals surface area contributed by atoms with E-state index in [1.807, 2.05) is 36.4 Å². The summed E-state index contributed by atoms with van der Waals surface area (Å²) in [5.74, 6) is 0.797. The van der Waals surface area contributed by atoms with E-state index in [1.54, 1.807) is 6.20 Å². The average Bonchev–Trinajstić information content (AvgIpc) is 2.39. The number of nitrogens with two attached hydrogens (primary N) is 1. The van der Waals surface area contributed by atoms with Crippen molar-refractivity contribution in [1.29, 1.82) is 0 Å². The summed E-state index contributed by atoms with van der Waals surface area (Å²) >= 11 is 0. The Morgan fingerprint density at radius 1 is 1.06 bits per heavy atom. The van der Waals surface area contributed by atoms with Crippen LogP contribution >= 0.6 is 0 Å². The average molecular weight is 229 g/mol. The number of hydrogen-bond acceptors (Lipinski definition) is 4. The van der Waals surface area contributed by atoms with E-state index in [9.17, 15) is 0 Å². The summed E-state index contributed by atoms with van der Waals surface area (Å²) in [5, 5.41) is 12.1. The van der Waals surface area contributed by atoms with Crippen molar-refractivity contribution in [1.82, 2.24) is 4.98 Å². The van der Waals surface area contributed by atoms with Crippen LogP contribution in [0.25, 0.3) is 0 Å². The second kappa shape index (κ2) is 5.32. The molecule has 0 aliphatic carbocycles. The molecule has 0 bridgehead atoms. The molecule has 0 unspecified atom stereocenters. The number of pyridine rings is 1. The number of nitrogen functional groups attached to an aromatic ring is 1. The summed E-state index contributed by atoms with van der Waals surface area (Å²) in [7, 11) is 0. The van der Waals surface area contributed by atoms with E-state index in [0.717, 1.165) is 16.9 Å². The van der Waals surface area contributed by atoms with Crippen LogP contribution in [0.15, 0.2) is 42.6 Å². The predicted molar refractivity (Wildman–Crippen MR) is 68.3 cm³/mol. The first-order valence-corrected chi connectivity index (χ1v) is 5.42. The van der Waals surface area contributed by atoms with Gasteiger partial charge in [0, 0.05) is 6.54 Å². The Kier molecular flexibility index (Phi) is 3.57. The van der Waals surface area contributed by atoms with Gasteiger partial charge in [0.25, 0.3) is 0 Å². The Hall–Kier alpha value is -2.07. The molecular weight excluding hydrogens is 214 g/mol. The molecule has 0 saturated carbocycles. The molecule has 2 rings (SSSR count). The van der Waals surface area contributed by atoms with E-state index in [0.29, 0.717) is 12.2 Å². The van der Waals surface area contributed by atoms with Crippen molar-refractivity contribution in [3.05, 3.63) is 53.7 Å². The van der Waals surface area contributed by atoms with Crippen LogP contribution in [0.2, 0.25) is 0 Å². The van der Waals surface area contributed by atoms with E-state index < -0.39 is 0 Å². The van der Waals surface area contributed by atoms with Gasteiger partial charge in [-0.1, -0.05) is 24.3 Å². The van der Waals surface area contributed by atoms with Gasteiger partial charge in [-0.25, -0.2) is 4.98 Å². The zero-order valence-corrected chi connectivity index (χ0v) is 9.43. The lowest BCUT2D eigenvalue weighted by Crippen LogP contribution is -2.01. The quantitative estimate of drug-likeness (QED) is 0.747. The van der Waals surface area contributed by atoms with Crippen molar-refractivity contribution >= 4 is 11.5 Å². The first-order valence-electron chi connectivity index (χ1n) is 5.42. The molecule has 0 radical (unpaired) electrons. The van der Waals surface area contributed by atoms with Gasteiger partial charge in [-0.05, 0) is 23.3 Å². The lowest BCUT2D eigenvalue weighted by atomic mass is 10.1. The standard InChI is InChI=1S/C13H15N3O/c14-12-5-6-13(16-8-12)15-7-10-1-3-11(9-17)4-2-10/h1-6,8,17H,7,9,14H2,(H,15,16). The molecule has 88 valence electrons. The van der Waals surface area contributed by atoms with Crippen LogP contribution in [0.4, 0.5) is 11.5 Å². The Morgan fingerprint density at radius 3 is 2.35 bits per heavy atom. The second-order valence-corrected chi connectivity index (χ2v) is 3.80. The number of nitrogens with zero attached hydrogens (tertiary/aromatic N) is 1. The third-order valence-corrected chi connectivity index (χ3v) is 2.47. The molecule has 0 aliphatic rings. The van der Waals surface area contributed by atoms with Crippen molar-refractivity contribution in [3.63, 3.8) is 0 Å². The molecule has 0 amide bonds. The Morgan fingerprint density at radius 2 is 1.76 bits per heavy atom. The van der Waals surface area contributed by atoms with Gasteiger partial charge in [0.1, 0.15) is 5.82 Å². The summed E-state index contributed by atoms with van der Waals surface area (Å²) in [6.45, 7) is 0.774. The minimum absolute atomic E-state index is 0.0766. The van der Waals surface area contributed by atoms with E-state index >= 15 is 0 Å². The lowest BCUT2D eigenvalue weighted by Gasteiger charge is -2.06. The molecule has 2 aromatic rings. The zero-order chi connectivity index (χ0) is 12.1. The van der Waals surface area contributed by atoms with E-state index in [1.165, 1.54) is 0 Å². The highest BCUT2D eigenvalue weighted by Gasteiger charge is 1.96. The highest BCUT2D eigenvalue weighted by Crippen LogP contribution is 2.09. The van der Waals surface area contributed by atoms with E-state index in [2.05, 4.69) is 10.3 Å². The minimum atomic E-state index is 0.0766. The zero-order valence-electron chi connectivity index (χ0n) is 9.43. The third-order valence-electron chi connectivity index (χ3n) is 2.47. The smallest absolute Gasteiger partial charge is 0.126 e. The van der Waals surface area contributed by atoms with Crippen LogP contribution in [0.5, 0.6) is 0 Å². The normalized spacial score (nSPS) is 10.2. The van der Waals surface area contributed by atoms with Gasteiger partial charge in [-0.2, -0.15) is 0 Å². The number of nitrogens with one attached hydrogen (secondary N) is 1. The molecular formula is C13H15N3O. The number of rotatable bonds is 4. The van der Waals surface area contributed by atoms with Crippen LogP contribution in [-0.2, 0) is 13.2 Å². The fourth-order valence-corrected chi connectivity index (χ4v) is 1.47. The van der Waals surface area contributed by atoms with Crippen molar-refractivity contribution in [2.75, 3.05) is 11.1 Å². The topological polar surface area (TPSA) is 71.2 Å². The Bertz CT molecular complexity index is 465. The van der Waals surface area contributed by atoms with Gasteiger partial charge in [0.15, 0.2) is 0 Å². The molecule has 0 spiro atoms. The fraction of sp³-hybridized carbons (Fsp3) is 0.154. The lowest BCUT2D eigenvalue weighted by molar-refractivity contribution is 0.282. The maximum atomic E-state index is 8.92. The van der Waals surface area contributed by atoms with Crippen LogP contribution in [-0.4, -0.2) is 10.1 Å². The van der Waals surface area contributed by atoms with Gasteiger partial charge in [-0.3, -0.25) is 0 Å². The molecule has 1 aromatic carbocycles. The molecule has 0 aliphatic heterocycles. The molecule has 0 fully saturated rings. The monoisotopic (exact) mass is 229 g/mol. The first-order chi connectivity index (χ1) is 8.28. The summed E-state index contributed by atoms with van der Waals surface area (Å²) in [4.78, 5) is 4.15. The number of anilines is 2. The fourth-order valence-electron chi connectivity index (χ4n) is 1.47. The van der Waals surface area contributed by atoms with Crippen LogP contribution in [0, 0.1) is 0 Å². The molecule has 0 saturated heterocycles. The maximum absolute atomic E-state index is 8.92. The third kappa shape index (κ3) is 3.19. The summed E-state index contributed by atoms with van der Waals surface area (Å²) < 4.78 is 0. The van der Waals surface area contributed by atoms with Gasteiger partial charge < -0.3 is 16.2 Å². The number of benzene rings is 1. The molecule has 4 N–H and O–H groups in total. The molecule has 17 heavy (non-hydrogen) atoms. The second-order valence-electron chi connectivity index (χ2n) is 3.80. The van der Waals surface area contributed by atoms with Gasteiger partial charge in [0.2, 0.25) is 0 Å². The Balaban J connectivity index is 1.95.